The van der Waals surface area contributed by atoms with Crippen LogP contribution in [0.1, 0.15) is 73.6 Å². The number of nitrogens with one attached hydrogen (secondary N) is 3. The fourth-order valence-corrected chi connectivity index (χ4v) is 11.6. The Bertz CT molecular complexity index is 3140. The maximum absolute atomic E-state index is 13.1. The molecule has 5 heterocycles. The first-order valence-corrected chi connectivity index (χ1v) is 32.2. The van der Waals surface area contributed by atoms with Gasteiger partial charge in [0.2, 0.25) is 11.8 Å². The number of fused-ring (bicyclic) bond motifs is 2. The number of aryl methyl sites for hydroxylation is 4. The third-order valence-corrected chi connectivity index (χ3v) is 16.5. The summed E-state index contributed by atoms with van der Waals surface area (Å²) < 4.78 is 16.7. The van der Waals surface area contributed by atoms with Crippen LogP contribution in [0.2, 0.25) is 0 Å². The Morgan fingerprint density at radius 2 is 0.898 bits per heavy atom. The highest BCUT2D eigenvalue weighted by Crippen LogP contribution is 2.26. The number of hydrogen-bond donors (Lipinski definition) is 4. The molecule has 0 aliphatic carbocycles. The third kappa shape index (κ3) is 23.5. The minimum atomic E-state index is -0.593. The van der Waals surface area contributed by atoms with Crippen LogP contribution in [-0.4, -0.2) is 158 Å². The average molecular weight is 1190 g/mol. The molecule has 11 rings (SSSR count). The Balaban J connectivity index is 0.000000178. The number of benzene rings is 6. The molecule has 0 radical (unpaired) electrons. The number of β-amino-alcohol motifs (C(OH)–C–C–N with tert-alkyl or cyclic N) is 1. The van der Waals surface area contributed by atoms with Crippen LogP contribution in [0.15, 0.2) is 194 Å². The highest BCUT2D eigenvalue weighted by atomic mass is 16.6. The normalized spacial score (nSPS) is 15.6. The van der Waals surface area contributed by atoms with E-state index in [1.807, 2.05) is 60.7 Å². The summed E-state index contributed by atoms with van der Waals surface area (Å²) >= 11 is 0. The standard InChI is InChI=1S/C37H46N4O3.C25H35N3O.C12H11NO2/c42-33(29-44-36-21-9-20-35-34(36)19-10-22-38-35)27-40-23-25-41(26-24-40)28-37(43)39-32(17-7-15-30-11-3-1-4-12-30)18-8-16-31-13-5-2-6-14-31;29-25(21-28-19-17-26-18-20-28)27-24(15-7-13-22-9-3-1-4-10-22)16-8-14-23-11-5-2-6-12-23;1-4-11-10(3-2-6-13-11)12(5-1)15-8-9-7-14-9/h1-6,9-14,19-22,32-33,42H,7-8,15-18,23-29H2,(H,39,43);1-6,9-12,24,26H,7-8,13-21H2,(H,27,29);1-6,9H,7-8H2/t33-;;9-/m1.1/s1. The second kappa shape index (κ2) is 36.7. The quantitative estimate of drug-likeness (QED) is 0.0317. The second-order valence-electron chi connectivity index (χ2n) is 23.5. The SMILES string of the molecule is O=C(CN1CCN(C[C@@H](O)COc2cccc3ncccc23)CC1)NC(CCCc1ccccc1)CCCc1ccccc1.O=C(CN1CCNCC1)NC(CCCc1ccccc1)CCCc1ccccc1.c1cc(OC[C@H]2CO2)c2cccnc2c1. The van der Waals surface area contributed by atoms with E-state index >= 15 is 0 Å². The maximum atomic E-state index is 13.1. The van der Waals surface area contributed by atoms with Gasteiger partial charge in [0.15, 0.2) is 0 Å². The molecule has 4 N–H and O–H groups in total. The van der Waals surface area contributed by atoms with Gasteiger partial charge in [-0.1, -0.05) is 133 Å². The Hall–Kier alpha value is -7.56. The van der Waals surface area contributed by atoms with E-state index in [1.165, 1.54) is 22.3 Å². The van der Waals surface area contributed by atoms with Gasteiger partial charge in [0.05, 0.1) is 30.7 Å². The van der Waals surface area contributed by atoms with Crippen molar-refractivity contribution < 1.29 is 28.9 Å². The van der Waals surface area contributed by atoms with E-state index in [4.69, 9.17) is 14.2 Å². The van der Waals surface area contributed by atoms with Crippen molar-refractivity contribution in [1.29, 1.82) is 0 Å². The number of aromatic nitrogens is 2. The molecule has 0 unspecified atom stereocenters. The van der Waals surface area contributed by atoms with Gasteiger partial charge in [-0.05, 0) is 148 Å². The maximum Gasteiger partial charge on any atom is 0.234 e. The molecule has 0 spiro atoms. The zero-order valence-corrected chi connectivity index (χ0v) is 51.4. The van der Waals surface area contributed by atoms with Crippen LogP contribution in [0.3, 0.4) is 0 Å². The molecular formula is C74H92N8O6. The molecule has 2 aromatic heterocycles. The first-order chi connectivity index (χ1) is 43.3. The summed E-state index contributed by atoms with van der Waals surface area (Å²) in [4.78, 5) is 41.1. The lowest BCUT2D eigenvalue weighted by molar-refractivity contribution is -0.124. The van der Waals surface area contributed by atoms with Gasteiger partial charge in [-0.2, -0.15) is 0 Å². The van der Waals surface area contributed by atoms with Gasteiger partial charge in [-0.25, -0.2) is 0 Å². The number of carbonyl (C=O) groups excluding carboxylic acids is 2. The summed E-state index contributed by atoms with van der Waals surface area (Å²) in [5.41, 5.74) is 7.30. The predicted octanol–water partition coefficient (Wildman–Crippen LogP) is 10.6. The number of piperazine rings is 2. The summed E-state index contributed by atoms with van der Waals surface area (Å²) in [6.45, 7) is 10.3. The van der Waals surface area contributed by atoms with Crippen LogP contribution in [0.25, 0.3) is 21.8 Å². The molecule has 6 aromatic carbocycles. The zero-order valence-electron chi connectivity index (χ0n) is 51.4. The molecular weight excluding hydrogens is 1100 g/mol. The fraction of sp³-hybridized carbons (Fsp3) is 0.405. The summed E-state index contributed by atoms with van der Waals surface area (Å²) in [7, 11) is 0. The number of hydrogen-bond acceptors (Lipinski definition) is 12. The Morgan fingerprint density at radius 1 is 0.500 bits per heavy atom. The summed E-state index contributed by atoms with van der Waals surface area (Å²) in [5, 5.41) is 22.7. The van der Waals surface area contributed by atoms with Gasteiger partial charge >= 0.3 is 0 Å². The van der Waals surface area contributed by atoms with E-state index in [2.05, 4.69) is 162 Å². The highest BCUT2D eigenvalue weighted by molar-refractivity contribution is 5.85. The van der Waals surface area contributed by atoms with Gasteiger partial charge in [0.25, 0.3) is 0 Å². The minimum absolute atomic E-state index is 0.112. The molecule has 88 heavy (non-hydrogen) atoms. The lowest BCUT2D eigenvalue weighted by atomic mass is 9.99. The lowest BCUT2D eigenvalue weighted by Gasteiger charge is -2.35. The molecule has 14 nitrogen and oxygen atoms in total. The first kappa shape index (κ1) is 64.9. The molecule has 464 valence electrons. The van der Waals surface area contributed by atoms with Crippen molar-refractivity contribution in [3.05, 3.63) is 217 Å². The largest absolute Gasteiger partial charge is 0.490 e. The number of epoxide rings is 1. The van der Waals surface area contributed by atoms with Crippen LogP contribution >= 0.6 is 0 Å². The predicted molar refractivity (Wildman–Crippen MR) is 354 cm³/mol. The third-order valence-electron chi connectivity index (χ3n) is 16.5. The van der Waals surface area contributed by atoms with Crippen LogP contribution in [0.4, 0.5) is 0 Å². The molecule has 2 atom stereocenters. The summed E-state index contributed by atoms with van der Waals surface area (Å²) in [6.07, 6.45) is 15.8. The van der Waals surface area contributed by atoms with Crippen molar-refractivity contribution in [2.45, 2.75) is 101 Å². The van der Waals surface area contributed by atoms with Gasteiger partial charge in [0.1, 0.15) is 36.9 Å². The van der Waals surface area contributed by atoms with Crippen molar-refractivity contribution in [1.82, 2.24) is 40.6 Å². The van der Waals surface area contributed by atoms with Crippen molar-refractivity contribution in [2.75, 3.05) is 91.8 Å². The van der Waals surface area contributed by atoms with Gasteiger partial charge < -0.3 is 35.3 Å². The molecule has 2 amide bonds. The summed E-state index contributed by atoms with van der Waals surface area (Å²) in [6, 6.07) is 62.4. The number of carbonyl (C=O) groups is 2. The van der Waals surface area contributed by atoms with Crippen LogP contribution < -0.4 is 25.4 Å². The molecule has 0 bridgehead atoms. The molecule has 0 saturated carbocycles. The van der Waals surface area contributed by atoms with Crippen molar-refractivity contribution in [2.24, 2.45) is 0 Å². The van der Waals surface area contributed by atoms with E-state index < -0.39 is 6.10 Å². The lowest BCUT2D eigenvalue weighted by Crippen LogP contribution is -2.52. The van der Waals surface area contributed by atoms with E-state index in [1.54, 1.807) is 12.4 Å². The molecule has 14 heteroatoms. The summed E-state index contributed by atoms with van der Waals surface area (Å²) in [5.74, 6) is 1.91. The van der Waals surface area contributed by atoms with Gasteiger partial charge in [-0.3, -0.25) is 34.3 Å². The van der Waals surface area contributed by atoms with E-state index in [-0.39, 0.29) is 36.6 Å². The minimum Gasteiger partial charge on any atom is -0.490 e. The van der Waals surface area contributed by atoms with E-state index in [0.717, 1.165) is 169 Å². The van der Waals surface area contributed by atoms with Crippen molar-refractivity contribution >= 4 is 33.6 Å². The topological polar surface area (TPSA) is 157 Å². The van der Waals surface area contributed by atoms with Gasteiger partial charge in [0, 0.05) is 94.2 Å². The number of rotatable bonds is 30. The van der Waals surface area contributed by atoms with Crippen LogP contribution in [0, 0.1) is 0 Å². The average Bonchev–Trinajstić information content (AvgIpc) is 4.48. The Kier molecular flexibility index (Phi) is 27.1. The monoisotopic (exact) mass is 1190 g/mol. The molecule has 8 aromatic rings. The number of amides is 2. The molecule has 3 aliphatic heterocycles. The second-order valence-corrected chi connectivity index (χ2v) is 23.5. The van der Waals surface area contributed by atoms with Gasteiger partial charge in [-0.15, -0.1) is 0 Å². The van der Waals surface area contributed by atoms with Crippen molar-refractivity contribution in [3.63, 3.8) is 0 Å². The number of pyridine rings is 2. The van der Waals surface area contributed by atoms with E-state index in [9.17, 15) is 14.7 Å². The van der Waals surface area contributed by atoms with Crippen LogP contribution in [0.5, 0.6) is 11.5 Å². The van der Waals surface area contributed by atoms with E-state index in [0.29, 0.717) is 26.2 Å². The Morgan fingerprint density at radius 3 is 1.32 bits per heavy atom. The smallest absolute Gasteiger partial charge is 0.234 e. The zero-order chi connectivity index (χ0) is 60.6. The number of aliphatic hydroxyl groups is 1. The molecule has 3 aliphatic rings. The number of aliphatic hydroxyl groups excluding tert-OH is 1. The number of nitrogens with zero attached hydrogens (tertiary/aromatic N) is 5. The number of ether oxygens (including phenoxy) is 3. The van der Waals surface area contributed by atoms with Crippen molar-refractivity contribution in [3.8, 4) is 11.5 Å². The Labute approximate surface area is 522 Å². The fourth-order valence-electron chi connectivity index (χ4n) is 11.6. The molecule has 3 saturated heterocycles. The van der Waals surface area contributed by atoms with Crippen LogP contribution in [-0.2, 0) is 40.0 Å². The molecule has 3 fully saturated rings. The first-order valence-electron chi connectivity index (χ1n) is 32.2. The highest BCUT2D eigenvalue weighted by Gasteiger charge is 2.25.